The standard InChI is InChI=1S/C13H15N3O5S/c1-19-13-5-3-2-4-12(13)16-8-11(7-14-16)22(17,18)21-10-6-15-20-9-10/h2-5,7-8,10,15H,6,9H2,1H3/t10-/m0/s1. The van der Waals surface area contributed by atoms with Gasteiger partial charge in [-0.1, -0.05) is 12.1 Å². The van der Waals surface area contributed by atoms with E-state index >= 15 is 0 Å². The molecule has 0 amide bonds. The van der Waals surface area contributed by atoms with E-state index < -0.39 is 16.2 Å². The first-order valence-electron chi connectivity index (χ1n) is 6.56. The van der Waals surface area contributed by atoms with E-state index in [1.807, 2.05) is 12.1 Å². The lowest BCUT2D eigenvalue weighted by Crippen LogP contribution is -2.22. The summed E-state index contributed by atoms with van der Waals surface area (Å²) in [5, 5.41) is 4.07. The first-order chi connectivity index (χ1) is 10.6. The third-order valence-corrected chi connectivity index (χ3v) is 4.44. The molecule has 2 aromatic rings. The zero-order chi connectivity index (χ0) is 15.6. The number of methoxy groups -OCH3 is 1. The highest BCUT2D eigenvalue weighted by Crippen LogP contribution is 2.23. The number of nitrogens with zero attached hydrogens (tertiary/aromatic N) is 2. The first-order valence-corrected chi connectivity index (χ1v) is 7.97. The van der Waals surface area contributed by atoms with Crippen LogP contribution in [-0.2, 0) is 19.1 Å². The number of hydroxylamine groups is 1. The third-order valence-electron chi connectivity index (χ3n) is 3.12. The molecule has 0 unspecified atom stereocenters. The van der Waals surface area contributed by atoms with Gasteiger partial charge in [-0.2, -0.15) is 19.0 Å². The van der Waals surface area contributed by atoms with E-state index in [0.717, 1.165) is 0 Å². The van der Waals surface area contributed by atoms with Crippen molar-refractivity contribution in [1.82, 2.24) is 15.3 Å². The highest BCUT2D eigenvalue weighted by molar-refractivity contribution is 7.86. The van der Waals surface area contributed by atoms with E-state index in [4.69, 9.17) is 13.8 Å². The number of ether oxygens (including phenoxy) is 1. The second kappa shape index (κ2) is 6.05. The van der Waals surface area contributed by atoms with Crippen molar-refractivity contribution >= 4 is 10.1 Å². The summed E-state index contributed by atoms with van der Waals surface area (Å²) in [5.41, 5.74) is 3.20. The summed E-state index contributed by atoms with van der Waals surface area (Å²) in [6, 6.07) is 7.17. The van der Waals surface area contributed by atoms with E-state index in [1.165, 1.54) is 24.2 Å². The Morgan fingerprint density at radius 1 is 1.41 bits per heavy atom. The molecule has 1 atom stereocenters. The fraction of sp³-hybridized carbons (Fsp3) is 0.308. The topological polar surface area (TPSA) is 91.7 Å². The van der Waals surface area contributed by atoms with E-state index in [0.29, 0.717) is 18.0 Å². The minimum absolute atomic E-state index is 0.0229. The number of rotatable bonds is 5. The van der Waals surface area contributed by atoms with Crippen LogP contribution in [0, 0.1) is 0 Å². The molecule has 0 bridgehead atoms. The second-order valence-electron chi connectivity index (χ2n) is 4.62. The zero-order valence-electron chi connectivity index (χ0n) is 11.8. The Hall–Kier alpha value is -1.94. The lowest BCUT2D eigenvalue weighted by atomic mass is 10.3. The van der Waals surface area contributed by atoms with Crippen molar-refractivity contribution in [3.8, 4) is 11.4 Å². The molecule has 118 valence electrons. The van der Waals surface area contributed by atoms with Crippen LogP contribution < -0.4 is 10.2 Å². The van der Waals surface area contributed by atoms with E-state index in [-0.39, 0.29) is 11.5 Å². The minimum atomic E-state index is -3.89. The van der Waals surface area contributed by atoms with Crippen molar-refractivity contribution < 1.29 is 22.2 Å². The van der Waals surface area contributed by atoms with Gasteiger partial charge in [-0.05, 0) is 12.1 Å². The Bertz CT molecular complexity index is 753. The average Bonchev–Trinajstić information content (AvgIpc) is 3.18. The summed E-state index contributed by atoms with van der Waals surface area (Å²) >= 11 is 0. The molecule has 1 fully saturated rings. The Kier molecular flexibility index (Phi) is 4.12. The predicted octanol–water partition coefficient (Wildman–Crippen LogP) is 0.490. The first kappa shape index (κ1) is 15.0. The van der Waals surface area contributed by atoms with Gasteiger partial charge in [-0.3, -0.25) is 9.02 Å². The molecule has 2 heterocycles. The summed E-state index contributed by atoms with van der Waals surface area (Å²) < 4.78 is 36.1. The largest absolute Gasteiger partial charge is 0.494 e. The van der Waals surface area contributed by atoms with Gasteiger partial charge in [0.2, 0.25) is 0 Å². The number of hydrogen-bond acceptors (Lipinski definition) is 7. The maximum Gasteiger partial charge on any atom is 0.300 e. The summed E-state index contributed by atoms with van der Waals surface area (Å²) in [5.74, 6) is 0.587. The molecule has 22 heavy (non-hydrogen) atoms. The van der Waals surface area contributed by atoms with Gasteiger partial charge in [-0.25, -0.2) is 4.68 Å². The Labute approximate surface area is 127 Å². The lowest BCUT2D eigenvalue weighted by Gasteiger charge is -2.08. The molecule has 9 heteroatoms. The fourth-order valence-electron chi connectivity index (χ4n) is 2.05. The molecule has 1 aliphatic heterocycles. The molecule has 1 aromatic heterocycles. The van der Waals surface area contributed by atoms with Crippen LogP contribution in [0.3, 0.4) is 0 Å². The SMILES string of the molecule is COc1ccccc1-n1cc(S(=O)(=O)O[C@H]2CNOC2)cn1. The Balaban J connectivity index is 1.86. The highest BCUT2D eigenvalue weighted by Gasteiger charge is 2.26. The molecular formula is C13H15N3O5S. The average molecular weight is 325 g/mol. The van der Waals surface area contributed by atoms with Gasteiger partial charge in [0.15, 0.2) is 0 Å². The van der Waals surface area contributed by atoms with Gasteiger partial charge in [0, 0.05) is 0 Å². The summed E-state index contributed by atoms with van der Waals surface area (Å²) in [6.07, 6.45) is 2.08. The van der Waals surface area contributed by atoms with Gasteiger partial charge in [0.1, 0.15) is 22.4 Å². The van der Waals surface area contributed by atoms with Gasteiger partial charge in [0.05, 0.1) is 32.7 Å². The van der Waals surface area contributed by atoms with Crippen molar-refractivity contribution in [2.24, 2.45) is 0 Å². The van der Waals surface area contributed by atoms with E-state index in [1.54, 1.807) is 12.1 Å². The van der Waals surface area contributed by atoms with E-state index in [2.05, 4.69) is 10.6 Å². The van der Waals surface area contributed by atoms with Gasteiger partial charge >= 0.3 is 10.1 Å². The number of aromatic nitrogens is 2. The number of hydrogen-bond donors (Lipinski definition) is 1. The minimum Gasteiger partial charge on any atom is -0.494 e. The van der Waals surface area contributed by atoms with Crippen LogP contribution in [0.25, 0.3) is 5.69 Å². The van der Waals surface area contributed by atoms with E-state index in [9.17, 15) is 8.42 Å². The van der Waals surface area contributed by atoms with Gasteiger partial charge < -0.3 is 4.74 Å². The maximum atomic E-state index is 12.2. The zero-order valence-corrected chi connectivity index (χ0v) is 12.6. The molecule has 1 aromatic carbocycles. The molecule has 0 saturated carbocycles. The fourth-order valence-corrected chi connectivity index (χ4v) is 3.04. The highest BCUT2D eigenvalue weighted by atomic mass is 32.2. The predicted molar refractivity (Wildman–Crippen MR) is 76.1 cm³/mol. The monoisotopic (exact) mass is 325 g/mol. The van der Waals surface area contributed by atoms with Crippen LogP contribution in [0.15, 0.2) is 41.6 Å². The van der Waals surface area contributed by atoms with Crippen LogP contribution in [0.1, 0.15) is 0 Å². The smallest absolute Gasteiger partial charge is 0.300 e. The Morgan fingerprint density at radius 3 is 2.95 bits per heavy atom. The third kappa shape index (κ3) is 2.97. The van der Waals surface area contributed by atoms with Crippen LogP contribution >= 0.6 is 0 Å². The van der Waals surface area contributed by atoms with Crippen molar-refractivity contribution in [3.63, 3.8) is 0 Å². The molecule has 3 rings (SSSR count). The van der Waals surface area contributed by atoms with Crippen LogP contribution in [0.2, 0.25) is 0 Å². The Morgan fingerprint density at radius 2 is 2.23 bits per heavy atom. The van der Waals surface area contributed by atoms with Crippen molar-refractivity contribution in [3.05, 3.63) is 36.7 Å². The van der Waals surface area contributed by atoms with Gasteiger partial charge in [0.25, 0.3) is 0 Å². The summed E-state index contributed by atoms with van der Waals surface area (Å²) in [4.78, 5) is 4.84. The number of nitrogens with one attached hydrogen (secondary N) is 1. The molecule has 1 N–H and O–H groups in total. The van der Waals surface area contributed by atoms with Crippen molar-refractivity contribution in [2.45, 2.75) is 11.0 Å². The van der Waals surface area contributed by atoms with Crippen molar-refractivity contribution in [2.75, 3.05) is 20.3 Å². The molecule has 1 aliphatic rings. The van der Waals surface area contributed by atoms with Crippen LogP contribution in [-0.4, -0.2) is 44.6 Å². The number of benzene rings is 1. The van der Waals surface area contributed by atoms with Crippen molar-refractivity contribution in [1.29, 1.82) is 0 Å². The summed E-state index contributed by atoms with van der Waals surface area (Å²) in [6.45, 7) is 0.500. The van der Waals surface area contributed by atoms with Gasteiger partial charge in [-0.15, -0.1) is 0 Å². The second-order valence-corrected chi connectivity index (χ2v) is 6.20. The quantitative estimate of drug-likeness (QED) is 0.800. The molecule has 0 radical (unpaired) electrons. The molecular weight excluding hydrogens is 310 g/mol. The molecule has 8 nitrogen and oxygen atoms in total. The van der Waals surface area contributed by atoms with Crippen LogP contribution in [0.5, 0.6) is 5.75 Å². The molecule has 1 saturated heterocycles. The summed E-state index contributed by atoms with van der Waals surface area (Å²) in [7, 11) is -2.36. The lowest BCUT2D eigenvalue weighted by molar-refractivity contribution is 0.0854. The maximum absolute atomic E-state index is 12.2. The number of para-hydroxylation sites is 2. The normalized spacial score (nSPS) is 18.5. The molecule has 0 aliphatic carbocycles. The van der Waals surface area contributed by atoms with Crippen LogP contribution in [0.4, 0.5) is 0 Å². The molecule has 0 spiro atoms.